The fourth-order valence-corrected chi connectivity index (χ4v) is 4.88. The van der Waals surface area contributed by atoms with Gasteiger partial charge in [0.15, 0.2) is 9.84 Å². The molecule has 1 N–H and O–H groups in total. The highest BCUT2D eigenvalue weighted by molar-refractivity contribution is 7.91. The van der Waals surface area contributed by atoms with Crippen molar-refractivity contribution in [2.45, 2.75) is 25.2 Å². The first-order chi connectivity index (χ1) is 13.3. The maximum absolute atomic E-state index is 12.5. The van der Waals surface area contributed by atoms with Gasteiger partial charge < -0.3 is 0 Å². The second-order valence-corrected chi connectivity index (χ2v) is 9.83. The molecule has 0 aliphatic heterocycles. The van der Waals surface area contributed by atoms with Crippen LogP contribution in [0.3, 0.4) is 0 Å². The first-order valence-electron chi connectivity index (χ1n) is 8.44. The summed E-state index contributed by atoms with van der Waals surface area (Å²) < 4.78 is 25.1. The van der Waals surface area contributed by atoms with Gasteiger partial charge in [0.2, 0.25) is 5.13 Å². The lowest BCUT2D eigenvalue weighted by atomic mass is 10.1. The molecule has 0 atom stereocenters. The van der Waals surface area contributed by atoms with Crippen molar-refractivity contribution < 1.29 is 13.2 Å². The van der Waals surface area contributed by atoms with E-state index in [1.807, 2.05) is 13.8 Å². The highest BCUT2D eigenvalue weighted by Gasteiger charge is 2.18. The van der Waals surface area contributed by atoms with Crippen molar-refractivity contribution in [2.24, 2.45) is 0 Å². The number of nitrogens with one attached hydrogen (secondary N) is 1. The third-order valence-electron chi connectivity index (χ3n) is 4.23. The number of hydrogen-bond acceptors (Lipinski definition) is 6. The average molecular weight is 436 g/mol. The van der Waals surface area contributed by atoms with Crippen molar-refractivity contribution in [1.82, 2.24) is 10.2 Å². The molecule has 0 aliphatic rings. The van der Waals surface area contributed by atoms with E-state index in [9.17, 15) is 13.2 Å². The number of benzene rings is 2. The first kappa shape index (κ1) is 20.4. The Balaban J connectivity index is 1.65. The van der Waals surface area contributed by atoms with Crippen LogP contribution >= 0.6 is 22.9 Å². The minimum atomic E-state index is -3.43. The lowest BCUT2D eigenvalue weighted by molar-refractivity contribution is 0.102. The van der Waals surface area contributed by atoms with E-state index in [4.69, 9.17) is 11.6 Å². The van der Waals surface area contributed by atoms with Crippen molar-refractivity contribution in [2.75, 3.05) is 11.1 Å². The monoisotopic (exact) mass is 435 g/mol. The van der Waals surface area contributed by atoms with E-state index in [2.05, 4.69) is 15.5 Å². The molecule has 0 aliphatic carbocycles. The van der Waals surface area contributed by atoms with E-state index in [0.29, 0.717) is 25.6 Å². The fourth-order valence-electron chi connectivity index (χ4n) is 2.46. The quantitative estimate of drug-likeness (QED) is 0.630. The first-order valence-corrected chi connectivity index (χ1v) is 11.3. The maximum Gasteiger partial charge on any atom is 0.259 e. The Labute approximate surface area is 172 Å². The van der Waals surface area contributed by atoms with Gasteiger partial charge in [0, 0.05) is 6.42 Å². The van der Waals surface area contributed by atoms with Gasteiger partial charge in [-0.15, -0.1) is 10.2 Å². The second kappa shape index (κ2) is 8.38. The van der Waals surface area contributed by atoms with Crippen LogP contribution < -0.4 is 5.32 Å². The predicted octanol–water partition coefficient (Wildman–Crippen LogP) is 4.08. The molecule has 146 valence electrons. The minimum absolute atomic E-state index is 0.0808. The molecule has 9 heteroatoms. The number of rotatable bonds is 6. The van der Waals surface area contributed by atoms with E-state index in [1.165, 1.54) is 0 Å². The maximum atomic E-state index is 12.5. The Kier molecular flexibility index (Phi) is 6.12. The van der Waals surface area contributed by atoms with Gasteiger partial charge in [-0.3, -0.25) is 10.1 Å². The Morgan fingerprint density at radius 3 is 2.57 bits per heavy atom. The molecular weight excluding hydrogens is 418 g/mol. The summed E-state index contributed by atoms with van der Waals surface area (Å²) in [5.74, 6) is -0.473. The highest BCUT2D eigenvalue weighted by atomic mass is 35.5. The van der Waals surface area contributed by atoms with Crippen LogP contribution in [-0.4, -0.2) is 30.3 Å². The molecular formula is C19H18ClN3O3S2. The SMILES string of the molecule is Cc1ccc(S(=O)(=O)CCc2nnc(NC(=O)c3ccccc3Cl)s2)cc1C. The molecule has 0 radical (unpaired) electrons. The van der Waals surface area contributed by atoms with Gasteiger partial charge in [0.1, 0.15) is 5.01 Å². The number of carbonyl (C=O) groups is 1. The zero-order valence-corrected chi connectivity index (χ0v) is 17.7. The molecule has 3 aromatic rings. The lowest BCUT2D eigenvalue weighted by Gasteiger charge is -2.06. The third-order valence-corrected chi connectivity index (χ3v) is 7.17. The summed E-state index contributed by atoms with van der Waals surface area (Å²) in [4.78, 5) is 12.6. The zero-order chi connectivity index (χ0) is 20.3. The average Bonchev–Trinajstić information content (AvgIpc) is 3.10. The Bertz CT molecular complexity index is 1130. The van der Waals surface area contributed by atoms with Gasteiger partial charge >= 0.3 is 0 Å². The highest BCUT2D eigenvalue weighted by Crippen LogP contribution is 2.22. The van der Waals surface area contributed by atoms with Crippen LogP contribution in [0.25, 0.3) is 0 Å². The number of halogens is 1. The summed E-state index contributed by atoms with van der Waals surface area (Å²) in [6.07, 6.45) is 0.217. The van der Waals surface area contributed by atoms with Crippen LogP contribution in [0, 0.1) is 13.8 Å². The van der Waals surface area contributed by atoms with E-state index >= 15 is 0 Å². The van der Waals surface area contributed by atoms with Crippen LogP contribution in [0.2, 0.25) is 5.02 Å². The molecule has 0 fully saturated rings. The normalized spacial score (nSPS) is 11.4. The molecule has 0 saturated heterocycles. The largest absolute Gasteiger partial charge is 0.296 e. The number of hydrogen-bond donors (Lipinski definition) is 1. The van der Waals surface area contributed by atoms with Gasteiger partial charge in [-0.1, -0.05) is 41.1 Å². The molecule has 0 bridgehead atoms. The van der Waals surface area contributed by atoms with E-state index in [-0.39, 0.29) is 12.2 Å². The Morgan fingerprint density at radius 1 is 1.11 bits per heavy atom. The van der Waals surface area contributed by atoms with Gasteiger partial charge in [-0.25, -0.2) is 8.42 Å². The number of amides is 1. The number of nitrogens with zero attached hydrogens (tertiary/aromatic N) is 2. The third kappa shape index (κ3) is 4.76. The zero-order valence-electron chi connectivity index (χ0n) is 15.3. The predicted molar refractivity (Wildman–Crippen MR) is 111 cm³/mol. The molecule has 0 spiro atoms. The molecule has 1 aromatic heterocycles. The Morgan fingerprint density at radius 2 is 1.86 bits per heavy atom. The van der Waals surface area contributed by atoms with Gasteiger partial charge in [-0.2, -0.15) is 0 Å². The number of carbonyl (C=O) groups excluding carboxylic acids is 1. The summed E-state index contributed by atoms with van der Waals surface area (Å²) in [6, 6.07) is 11.8. The number of aromatic nitrogens is 2. The van der Waals surface area contributed by atoms with Gasteiger partial charge in [0.05, 0.1) is 21.2 Å². The number of sulfone groups is 1. The van der Waals surface area contributed by atoms with Crippen LogP contribution in [0.5, 0.6) is 0 Å². The smallest absolute Gasteiger partial charge is 0.259 e. The topological polar surface area (TPSA) is 89.0 Å². The van der Waals surface area contributed by atoms with E-state index < -0.39 is 15.7 Å². The van der Waals surface area contributed by atoms with Crippen molar-refractivity contribution in [1.29, 1.82) is 0 Å². The second-order valence-electron chi connectivity index (χ2n) is 6.25. The van der Waals surface area contributed by atoms with Crippen molar-refractivity contribution >= 4 is 43.8 Å². The summed E-state index contributed by atoms with van der Waals surface area (Å²) in [5.41, 5.74) is 2.31. The summed E-state index contributed by atoms with van der Waals surface area (Å²) in [7, 11) is -3.43. The molecule has 1 heterocycles. The number of aryl methyl sites for hydroxylation is 3. The lowest BCUT2D eigenvalue weighted by Crippen LogP contribution is -2.12. The standard InChI is InChI=1S/C19H18ClN3O3S2/c1-12-7-8-14(11-13(12)2)28(25,26)10-9-17-22-23-19(27-17)21-18(24)15-5-3-4-6-16(15)20/h3-8,11H,9-10H2,1-2H3,(H,21,23,24). The molecule has 28 heavy (non-hydrogen) atoms. The number of anilines is 1. The van der Waals surface area contributed by atoms with Crippen LogP contribution in [0.1, 0.15) is 26.5 Å². The Hall–Kier alpha value is -2.29. The van der Waals surface area contributed by atoms with Crippen LogP contribution in [0.4, 0.5) is 5.13 Å². The molecule has 3 rings (SSSR count). The van der Waals surface area contributed by atoms with E-state index in [0.717, 1.165) is 22.5 Å². The molecule has 0 unspecified atom stereocenters. The van der Waals surface area contributed by atoms with Gasteiger partial charge in [0.25, 0.3) is 5.91 Å². The minimum Gasteiger partial charge on any atom is -0.296 e. The molecule has 1 amide bonds. The van der Waals surface area contributed by atoms with Crippen LogP contribution in [0.15, 0.2) is 47.4 Å². The molecule has 6 nitrogen and oxygen atoms in total. The van der Waals surface area contributed by atoms with Crippen molar-refractivity contribution in [3.05, 3.63) is 69.2 Å². The van der Waals surface area contributed by atoms with E-state index in [1.54, 1.807) is 42.5 Å². The summed E-state index contributed by atoms with van der Waals surface area (Å²) in [6.45, 7) is 3.82. The fraction of sp³-hybridized carbons (Fsp3) is 0.211. The van der Waals surface area contributed by atoms with Crippen molar-refractivity contribution in [3.63, 3.8) is 0 Å². The van der Waals surface area contributed by atoms with Gasteiger partial charge in [-0.05, 0) is 49.2 Å². The molecule has 0 saturated carbocycles. The summed E-state index contributed by atoms with van der Waals surface area (Å²) in [5, 5.41) is 11.7. The van der Waals surface area contributed by atoms with Crippen molar-refractivity contribution in [3.8, 4) is 0 Å². The van der Waals surface area contributed by atoms with Crippen LogP contribution in [-0.2, 0) is 16.3 Å². The summed E-state index contributed by atoms with van der Waals surface area (Å²) >= 11 is 7.15. The molecule has 2 aromatic carbocycles.